The van der Waals surface area contributed by atoms with Gasteiger partial charge in [-0.2, -0.15) is 5.10 Å². The summed E-state index contributed by atoms with van der Waals surface area (Å²) in [5, 5.41) is 6.09. The molecule has 5 heteroatoms. The van der Waals surface area contributed by atoms with Gasteiger partial charge in [0.05, 0.1) is 0 Å². The van der Waals surface area contributed by atoms with E-state index in [4.69, 9.17) is 5.73 Å². The topological polar surface area (TPSA) is 87.6 Å². The number of aromatic amines is 2. The van der Waals surface area contributed by atoms with Crippen molar-refractivity contribution >= 4 is 0 Å². The van der Waals surface area contributed by atoms with Crippen LogP contribution >= 0.6 is 0 Å². The Morgan fingerprint density at radius 3 is 2.91 bits per heavy atom. The summed E-state index contributed by atoms with van der Waals surface area (Å²) >= 11 is 0. The number of nitrogens with zero attached hydrogens (tertiary/aromatic N) is 1. The fourth-order valence-electron chi connectivity index (χ4n) is 0.903. The molecule has 0 radical (unpaired) electrons. The van der Waals surface area contributed by atoms with Gasteiger partial charge < -0.3 is 5.73 Å². The normalized spacial score (nSPS) is 13.3. The van der Waals surface area contributed by atoms with Crippen LogP contribution in [0.2, 0.25) is 0 Å². The standard InChI is InChI=1S/C6H12N4O/c1-4(2-3-7)5-8-6(11)10-9-5/h4H,2-3,7H2,1H3,(H2,8,9,10,11). The smallest absolute Gasteiger partial charge is 0.330 e. The molecule has 1 aromatic rings. The second kappa shape index (κ2) is 3.34. The number of hydrogen-bond donors (Lipinski definition) is 3. The van der Waals surface area contributed by atoms with Crippen LogP contribution in [0.1, 0.15) is 25.1 Å². The summed E-state index contributed by atoms with van der Waals surface area (Å²) in [4.78, 5) is 13.2. The largest absolute Gasteiger partial charge is 0.340 e. The molecule has 0 aliphatic carbocycles. The number of rotatable bonds is 3. The number of H-pyrrole nitrogens is 2. The highest BCUT2D eigenvalue weighted by molar-refractivity contribution is 4.90. The maximum atomic E-state index is 10.6. The molecule has 1 unspecified atom stereocenters. The summed E-state index contributed by atoms with van der Waals surface area (Å²) in [6, 6.07) is 0. The van der Waals surface area contributed by atoms with Crippen LogP contribution in [0.5, 0.6) is 0 Å². The predicted octanol–water partition coefficient (Wildman–Crippen LogP) is -0.450. The zero-order chi connectivity index (χ0) is 8.27. The first-order chi connectivity index (χ1) is 5.24. The van der Waals surface area contributed by atoms with Gasteiger partial charge in [-0.05, 0) is 13.0 Å². The molecular formula is C6H12N4O. The van der Waals surface area contributed by atoms with Gasteiger partial charge in [-0.1, -0.05) is 6.92 Å². The monoisotopic (exact) mass is 156 g/mol. The van der Waals surface area contributed by atoms with Gasteiger partial charge in [0.25, 0.3) is 0 Å². The molecule has 0 spiro atoms. The van der Waals surface area contributed by atoms with Crippen molar-refractivity contribution in [1.82, 2.24) is 15.2 Å². The van der Waals surface area contributed by atoms with Gasteiger partial charge in [0.2, 0.25) is 0 Å². The van der Waals surface area contributed by atoms with E-state index >= 15 is 0 Å². The third kappa shape index (κ3) is 1.91. The van der Waals surface area contributed by atoms with Crippen molar-refractivity contribution < 1.29 is 0 Å². The molecular weight excluding hydrogens is 144 g/mol. The lowest BCUT2D eigenvalue weighted by Crippen LogP contribution is -2.07. The minimum Gasteiger partial charge on any atom is -0.330 e. The molecule has 0 bridgehead atoms. The molecule has 5 nitrogen and oxygen atoms in total. The van der Waals surface area contributed by atoms with Crippen molar-refractivity contribution in [2.45, 2.75) is 19.3 Å². The van der Waals surface area contributed by atoms with E-state index in [-0.39, 0.29) is 11.6 Å². The molecule has 0 fully saturated rings. The highest BCUT2D eigenvalue weighted by Gasteiger charge is 2.07. The van der Waals surface area contributed by atoms with Gasteiger partial charge in [-0.25, -0.2) is 9.89 Å². The van der Waals surface area contributed by atoms with Crippen LogP contribution < -0.4 is 11.4 Å². The van der Waals surface area contributed by atoms with Crippen molar-refractivity contribution in [3.63, 3.8) is 0 Å². The molecule has 0 saturated heterocycles. The van der Waals surface area contributed by atoms with Gasteiger partial charge in [-0.15, -0.1) is 0 Å². The van der Waals surface area contributed by atoms with Gasteiger partial charge in [0.15, 0.2) is 0 Å². The molecule has 0 aliphatic rings. The number of nitrogens with two attached hydrogens (primary N) is 1. The molecule has 11 heavy (non-hydrogen) atoms. The van der Waals surface area contributed by atoms with Crippen molar-refractivity contribution in [3.8, 4) is 0 Å². The van der Waals surface area contributed by atoms with Gasteiger partial charge in [0, 0.05) is 5.92 Å². The molecule has 0 saturated carbocycles. The van der Waals surface area contributed by atoms with Gasteiger partial charge in [0.1, 0.15) is 5.82 Å². The molecule has 1 rings (SSSR count). The summed E-state index contributed by atoms with van der Waals surface area (Å²) in [7, 11) is 0. The van der Waals surface area contributed by atoms with Crippen LogP contribution in [0.3, 0.4) is 0 Å². The zero-order valence-electron chi connectivity index (χ0n) is 6.42. The number of hydrogen-bond acceptors (Lipinski definition) is 3. The Morgan fingerprint density at radius 1 is 1.73 bits per heavy atom. The SMILES string of the molecule is CC(CCN)c1n[nH]c(=O)[nH]1. The molecule has 1 aromatic heterocycles. The molecule has 0 aliphatic heterocycles. The Balaban J connectivity index is 2.68. The third-order valence-corrected chi connectivity index (χ3v) is 1.59. The Kier molecular flexibility index (Phi) is 2.43. The van der Waals surface area contributed by atoms with Crippen molar-refractivity contribution in [2.24, 2.45) is 5.73 Å². The molecule has 1 atom stereocenters. The van der Waals surface area contributed by atoms with Crippen molar-refractivity contribution in [3.05, 3.63) is 16.3 Å². The third-order valence-electron chi connectivity index (χ3n) is 1.59. The fraction of sp³-hybridized carbons (Fsp3) is 0.667. The zero-order valence-corrected chi connectivity index (χ0v) is 6.42. The van der Waals surface area contributed by atoms with Gasteiger partial charge >= 0.3 is 5.69 Å². The number of aromatic nitrogens is 3. The van der Waals surface area contributed by atoms with E-state index in [1.54, 1.807) is 0 Å². The van der Waals surface area contributed by atoms with E-state index in [1.807, 2.05) is 6.92 Å². The average Bonchev–Trinajstić information content (AvgIpc) is 2.36. The summed E-state index contributed by atoms with van der Waals surface area (Å²) in [5.74, 6) is 0.902. The van der Waals surface area contributed by atoms with E-state index in [2.05, 4.69) is 15.2 Å². The minimum absolute atomic E-state index is 0.221. The molecule has 62 valence electrons. The Hall–Kier alpha value is -1.10. The molecule has 1 heterocycles. The first kappa shape index (κ1) is 8.00. The van der Waals surface area contributed by atoms with E-state index in [0.717, 1.165) is 6.42 Å². The molecule has 0 aromatic carbocycles. The van der Waals surface area contributed by atoms with E-state index < -0.39 is 0 Å². The van der Waals surface area contributed by atoms with Gasteiger partial charge in [-0.3, -0.25) is 4.98 Å². The van der Waals surface area contributed by atoms with E-state index in [9.17, 15) is 4.79 Å². The lowest BCUT2D eigenvalue weighted by Gasteiger charge is -2.03. The Bertz CT molecular complexity index is 264. The quantitative estimate of drug-likeness (QED) is 0.554. The second-order valence-electron chi connectivity index (χ2n) is 2.54. The van der Waals surface area contributed by atoms with Crippen molar-refractivity contribution in [2.75, 3.05) is 6.54 Å². The predicted molar refractivity (Wildman–Crippen MR) is 41.3 cm³/mol. The maximum Gasteiger partial charge on any atom is 0.340 e. The molecule has 4 N–H and O–H groups in total. The van der Waals surface area contributed by atoms with E-state index in [1.165, 1.54) is 0 Å². The summed E-state index contributed by atoms with van der Waals surface area (Å²) in [6.07, 6.45) is 0.834. The van der Waals surface area contributed by atoms with Crippen LogP contribution in [0.4, 0.5) is 0 Å². The Labute approximate surface area is 64.0 Å². The second-order valence-corrected chi connectivity index (χ2v) is 2.54. The highest BCUT2D eigenvalue weighted by atomic mass is 16.1. The first-order valence-corrected chi connectivity index (χ1v) is 3.58. The number of nitrogens with one attached hydrogen (secondary N) is 2. The summed E-state index contributed by atoms with van der Waals surface area (Å²) in [6.45, 7) is 2.58. The lowest BCUT2D eigenvalue weighted by atomic mass is 10.1. The van der Waals surface area contributed by atoms with Crippen LogP contribution in [0, 0.1) is 0 Å². The fourth-order valence-corrected chi connectivity index (χ4v) is 0.903. The van der Waals surface area contributed by atoms with Crippen LogP contribution in [0.15, 0.2) is 4.79 Å². The highest BCUT2D eigenvalue weighted by Crippen LogP contribution is 2.10. The Morgan fingerprint density at radius 2 is 2.45 bits per heavy atom. The first-order valence-electron chi connectivity index (χ1n) is 3.58. The lowest BCUT2D eigenvalue weighted by molar-refractivity contribution is 0.650. The molecule has 0 amide bonds. The van der Waals surface area contributed by atoms with Crippen molar-refractivity contribution in [1.29, 1.82) is 0 Å². The van der Waals surface area contributed by atoms with Crippen LogP contribution in [0.25, 0.3) is 0 Å². The maximum absolute atomic E-state index is 10.6. The van der Waals surface area contributed by atoms with Crippen LogP contribution in [-0.2, 0) is 0 Å². The summed E-state index contributed by atoms with van der Waals surface area (Å²) < 4.78 is 0. The average molecular weight is 156 g/mol. The van der Waals surface area contributed by atoms with E-state index in [0.29, 0.717) is 12.4 Å². The summed E-state index contributed by atoms with van der Waals surface area (Å²) in [5.41, 5.74) is 5.08. The minimum atomic E-state index is -0.260. The van der Waals surface area contributed by atoms with Crippen LogP contribution in [-0.4, -0.2) is 21.7 Å².